The Morgan fingerprint density at radius 3 is 2.48 bits per heavy atom. The van der Waals surface area contributed by atoms with Gasteiger partial charge in [-0.3, -0.25) is 4.79 Å². The van der Waals surface area contributed by atoms with E-state index in [0.717, 1.165) is 13.1 Å². The summed E-state index contributed by atoms with van der Waals surface area (Å²) in [6.45, 7) is 6.86. The average Bonchev–Trinajstić information content (AvgIpc) is 2.51. The molecule has 5 nitrogen and oxygen atoms in total. The molecule has 0 aliphatic rings. The first kappa shape index (κ1) is 17.5. The van der Waals surface area contributed by atoms with Crippen LogP contribution in [0, 0.1) is 0 Å². The normalized spacial score (nSPS) is 10.5. The Morgan fingerprint density at radius 2 is 1.86 bits per heavy atom. The molecule has 0 N–H and O–H groups in total. The second-order valence-corrected chi connectivity index (χ2v) is 4.53. The van der Waals surface area contributed by atoms with Crippen molar-refractivity contribution in [3.05, 3.63) is 29.8 Å². The van der Waals surface area contributed by atoms with Crippen molar-refractivity contribution in [2.45, 2.75) is 13.8 Å². The predicted molar refractivity (Wildman–Crippen MR) is 80.9 cm³/mol. The monoisotopic (exact) mass is 313 g/mol. The fourth-order valence-corrected chi connectivity index (χ4v) is 1.81. The Kier molecular flexibility index (Phi) is 7.79. The highest BCUT2D eigenvalue weighted by atomic mass is 35.5. The zero-order valence-electron chi connectivity index (χ0n) is 12.3. The maximum Gasteiger partial charge on any atom is 0.341 e. The van der Waals surface area contributed by atoms with E-state index in [-0.39, 0.29) is 23.8 Å². The lowest BCUT2D eigenvalue weighted by atomic mass is 10.2. The summed E-state index contributed by atoms with van der Waals surface area (Å²) in [5.41, 5.74) is 0.218. The number of benzene rings is 1. The van der Waals surface area contributed by atoms with Crippen molar-refractivity contribution >= 4 is 23.5 Å². The number of alkyl halides is 1. The quantitative estimate of drug-likeness (QED) is 0.419. The molecule has 0 aliphatic heterocycles. The molecule has 0 spiro atoms. The SMILES string of the molecule is CCN(CC)CCOC(=O)c1ccccc1OC(=O)CCl. The molecule has 0 unspecified atom stereocenters. The Bertz CT molecular complexity index is 474. The number of halogens is 1. The number of ether oxygens (including phenoxy) is 2. The average molecular weight is 314 g/mol. The highest BCUT2D eigenvalue weighted by Crippen LogP contribution is 2.19. The Labute approximate surface area is 129 Å². The minimum Gasteiger partial charge on any atom is -0.461 e. The van der Waals surface area contributed by atoms with Crippen LogP contribution < -0.4 is 4.74 Å². The highest BCUT2D eigenvalue weighted by Gasteiger charge is 2.16. The van der Waals surface area contributed by atoms with E-state index >= 15 is 0 Å². The predicted octanol–water partition coefficient (Wildman–Crippen LogP) is 2.33. The molecule has 0 heterocycles. The maximum atomic E-state index is 12.0. The van der Waals surface area contributed by atoms with Gasteiger partial charge >= 0.3 is 11.9 Å². The van der Waals surface area contributed by atoms with Crippen LogP contribution in [0.25, 0.3) is 0 Å². The van der Waals surface area contributed by atoms with Gasteiger partial charge < -0.3 is 14.4 Å². The van der Waals surface area contributed by atoms with Crippen LogP contribution in [-0.2, 0) is 9.53 Å². The van der Waals surface area contributed by atoms with E-state index in [1.165, 1.54) is 6.07 Å². The van der Waals surface area contributed by atoms with Gasteiger partial charge in [0.15, 0.2) is 0 Å². The number of nitrogens with zero attached hydrogens (tertiary/aromatic N) is 1. The fourth-order valence-electron chi connectivity index (χ4n) is 1.76. The first-order chi connectivity index (χ1) is 10.1. The van der Waals surface area contributed by atoms with E-state index in [9.17, 15) is 9.59 Å². The lowest BCUT2D eigenvalue weighted by Crippen LogP contribution is -2.28. The van der Waals surface area contributed by atoms with Crippen molar-refractivity contribution in [3.8, 4) is 5.75 Å². The summed E-state index contributed by atoms with van der Waals surface area (Å²) in [5, 5.41) is 0. The summed E-state index contributed by atoms with van der Waals surface area (Å²) < 4.78 is 10.2. The highest BCUT2D eigenvalue weighted by molar-refractivity contribution is 6.26. The molecular formula is C15H20ClNO4. The molecule has 0 saturated carbocycles. The second kappa shape index (κ2) is 9.37. The third kappa shape index (κ3) is 5.73. The molecule has 0 amide bonds. The van der Waals surface area contributed by atoms with Gasteiger partial charge in [-0.05, 0) is 25.2 Å². The molecule has 6 heteroatoms. The smallest absolute Gasteiger partial charge is 0.341 e. The zero-order chi connectivity index (χ0) is 15.7. The molecule has 0 radical (unpaired) electrons. The summed E-state index contributed by atoms with van der Waals surface area (Å²) >= 11 is 5.39. The minimum absolute atomic E-state index is 0.163. The summed E-state index contributed by atoms with van der Waals surface area (Å²) in [5.74, 6) is -1.23. The summed E-state index contributed by atoms with van der Waals surface area (Å²) in [4.78, 5) is 25.4. The van der Waals surface area contributed by atoms with Gasteiger partial charge in [-0.1, -0.05) is 26.0 Å². The number of para-hydroxylation sites is 1. The second-order valence-electron chi connectivity index (χ2n) is 4.27. The van der Waals surface area contributed by atoms with Crippen molar-refractivity contribution in [3.63, 3.8) is 0 Å². The van der Waals surface area contributed by atoms with E-state index in [1.807, 2.05) is 13.8 Å². The van der Waals surface area contributed by atoms with Crippen LogP contribution in [0.5, 0.6) is 5.75 Å². The van der Waals surface area contributed by atoms with Crippen LogP contribution in [0.15, 0.2) is 24.3 Å². The number of likely N-dealkylation sites (N-methyl/N-ethyl adjacent to an activating group) is 1. The van der Waals surface area contributed by atoms with Gasteiger partial charge in [0.2, 0.25) is 0 Å². The van der Waals surface area contributed by atoms with E-state index in [1.54, 1.807) is 18.2 Å². The minimum atomic E-state index is -0.611. The standard InChI is InChI=1S/C15H20ClNO4/c1-3-17(4-2)9-10-20-15(19)12-7-5-6-8-13(12)21-14(18)11-16/h5-8H,3-4,9-11H2,1-2H3. The van der Waals surface area contributed by atoms with E-state index in [2.05, 4.69) is 4.90 Å². The summed E-state index contributed by atoms with van der Waals surface area (Å²) in [6.07, 6.45) is 0. The van der Waals surface area contributed by atoms with Crippen molar-refractivity contribution in [2.24, 2.45) is 0 Å². The third-order valence-corrected chi connectivity index (χ3v) is 3.19. The fraction of sp³-hybridized carbons (Fsp3) is 0.467. The lowest BCUT2D eigenvalue weighted by molar-refractivity contribution is -0.131. The van der Waals surface area contributed by atoms with Crippen LogP contribution in [0.1, 0.15) is 24.2 Å². The topological polar surface area (TPSA) is 55.8 Å². The lowest BCUT2D eigenvalue weighted by Gasteiger charge is -2.17. The van der Waals surface area contributed by atoms with Gasteiger partial charge in [0.1, 0.15) is 23.8 Å². The third-order valence-electron chi connectivity index (χ3n) is 2.97. The van der Waals surface area contributed by atoms with Crippen molar-refractivity contribution in [1.29, 1.82) is 0 Å². The summed E-state index contributed by atoms with van der Waals surface area (Å²) in [6, 6.07) is 6.44. The number of rotatable bonds is 8. The summed E-state index contributed by atoms with van der Waals surface area (Å²) in [7, 11) is 0. The van der Waals surface area contributed by atoms with Crippen molar-refractivity contribution in [1.82, 2.24) is 4.90 Å². The maximum absolute atomic E-state index is 12.0. The molecule has 0 aliphatic carbocycles. The first-order valence-electron chi connectivity index (χ1n) is 6.87. The largest absolute Gasteiger partial charge is 0.461 e. The van der Waals surface area contributed by atoms with Gasteiger partial charge in [0, 0.05) is 6.54 Å². The molecule has 21 heavy (non-hydrogen) atoms. The Balaban J connectivity index is 2.63. The van der Waals surface area contributed by atoms with Crippen LogP contribution in [0.3, 0.4) is 0 Å². The van der Waals surface area contributed by atoms with E-state index in [0.29, 0.717) is 6.54 Å². The van der Waals surface area contributed by atoms with Crippen LogP contribution in [0.4, 0.5) is 0 Å². The number of hydrogen-bond donors (Lipinski definition) is 0. The molecule has 1 rings (SSSR count). The molecule has 0 saturated heterocycles. The number of hydrogen-bond acceptors (Lipinski definition) is 5. The molecular weight excluding hydrogens is 294 g/mol. The van der Waals surface area contributed by atoms with E-state index < -0.39 is 11.9 Å². The van der Waals surface area contributed by atoms with Gasteiger partial charge in [-0.15, -0.1) is 11.6 Å². The van der Waals surface area contributed by atoms with Gasteiger partial charge in [-0.2, -0.15) is 0 Å². The Morgan fingerprint density at radius 1 is 1.19 bits per heavy atom. The molecule has 0 atom stereocenters. The van der Waals surface area contributed by atoms with Gasteiger partial charge in [0.25, 0.3) is 0 Å². The number of carbonyl (C=O) groups excluding carboxylic acids is 2. The zero-order valence-corrected chi connectivity index (χ0v) is 13.1. The number of esters is 2. The molecule has 0 aromatic heterocycles. The Hall–Kier alpha value is -1.59. The van der Waals surface area contributed by atoms with Crippen LogP contribution in [0.2, 0.25) is 0 Å². The molecule has 1 aromatic carbocycles. The molecule has 0 bridgehead atoms. The van der Waals surface area contributed by atoms with Crippen LogP contribution in [-0.4, -0.2) is 49.0 Å². The first-order valence-corrected chi connectivity index (χ1v) is 7.40. The van der Waals surface area contributed by atoms with E-state index in [4.69, 9.17) is 21.1 Å². The number of carbonyl (C=O) groups is 2. The van der Waals surface area contributed by atoms with Gasteiger partial charge in [0.05, 0.1) is 0 Å². The molecule has 1 aromatic rings. The van der Waals surface area contributed by atoms with Crippen LogP contribution >= 0.6 is 11.6 Å². The van der Waals surface area contributed by atoms with Gasteiger partial charge in [-0.25, -0.2) is 4.79 Å². The molecule has 0 fully saturated rings. The molecule has 116 valence electrons. The van der Waals surface area contributed by atoms with Crippen molar-refractivity contribution in [2.75, 3.05) is 32.1 Å². The van der Waals surface area contributed by atoms with Crippen molar-refractivity contribution < 1.29 is 19.1 Å².